The summed E-state index contributed by atoms with van der Waals surface area (Å²) in [6, 6.07) is 0.218. The predicted molar refractivity (Wildman–Crippen MR) is 83.3 cm³/mol. The SMILES string of the molecule is CCCC1CCC(C(=O)O)C(N(C)CC2CCOCC2)C1. The van der Waals surface area contributed by atoms with Crippen molar-refractivity contribution in [3.8, 4) is 0 Å². The number of nitrogens with zero attached hydrogens (tertiary/aromatic N) is 1. The van der Waals surface area contributed by atoms with Gasteiger partial charge in [-0.05, 0) is 51.0 Å². The van der Waals surface area contributed by atoms with Crippen LogP contribution in [0.1, 0.15) is 51.9 Å². The van der Waals surface area contributed by atoms with Gasteiger partial charge in [0, 0.05) is 25.8 Å². The lowest BCUT2D eigenvalue weighted by Gasteiger charge is -2.41. The minimum Gasteiger partial charge on any atom is -0.481 e. The second-order valence-electron chi connectivity index (χ2n) is 6.98. The molecule has 0 bridgehead atoms. The molecule has 0 spiro atoms. The molecule has 1 saturated carbocycles. The van der Waals surface area contributed by atoms with Crippen LogP contribution in [0.25, 0.3) is 0 Å². The zero-order valence-corrected chi connectivity index (χ0v) is 13.6. The Labute approximate surface area is 128 Å². The zero-order valence-electron chi connectivity index (χ0n) is 13.6. The van der Waals surface area contributed by atoms with E-state index >= 15 is 0 Å². The molecule has 4 heteroatoms. The summed E-state index contributed by atoms with van der Waals surface area (Å²) in [7, 11) is 2.13. The number of carbonyl (C=O) groups is 1. The van der Waals surface area contributed by atoms with E-state index in [1.165, 1.54) is 12.8 Å². The smallest absolute Gasteiger partial charge is 0.308 e. The Kier molecular flexibility index (Phi) is 6.49. The molecule has 0 aromatic carbocycles. The maximum atomic E-state index is 11.6. The van der Waals surface area contributed by atoms with Crippen molar-refractivity contribution in [1.82, 2.24) is 4.90 Å². The molecule has 3 unspecified atom stereocenters. The van der Waals surface area contributed by atoms with Crippen LogP contribution in [0.3, 0.4) is 0 Å². The Hall–Kier alpha value is -0.610. The third-order valence-electron chi connectivity index (χ3n) is 5.39. The monoisotopic (exact) mass is 297 g/mol. The summed E-state index contributed by atoms with van der Waals surface area (Å²) in [5, 5.41) is 9.53. The topological polar surface area (TPSA) is 49.8 Å². The van der Waals surface area contributed by atoms with Crippen molar-refractivity contribution in [1.29, 1.82) is 0 Å². The van der Waals surface area contributed by atoms with Gasteiger partial charge in [-0.1, -0.05) is 19.8 Å². The fraction of sp³-hybridized carbons (Fsp3) is 0.941. The van der Waals surface area contributed by atoms with Gasteiger partial charge >= 0.3 is 5.97 Å². The molecular formula is C17H31NO3. The largest absolute Gasteiger partial charge is 0.481 e. The van der Waals surface area contributed by atoms with Crippen molar-refractivity contribution >= 4 is 5.97 Å². The number of hydrogen-bond acceptors (Lipinski definition) is 3. The van der Waals surface area contributed by atoms with E-state index in [0.29, 0.717) is 11.8 Å². The third kappa shape index (κ3) is 4.68. The van der Waals surface area contributed by atoms with Gasteiger partial charge in [0.15, 0.2) is 0 Å². The van der Waals surface area contributed by atoms with E-state index in [0.717, 1.165) is 51.9 Å². The fourth-order valence-electron chi connectivity index (χ4n) is 4.15. The molecule has 2 aliphatic rings. The third-order valence-corrected chi connectivity index (χ3v) is 5.39. The molecule has 0 aromatic rings. The molecule has 0 amide bonds. The maximum absolute atomic E-state index is 11.6. The molecule has 0 aromatic heterocycles. The van der Waals surface area contributed by atoms with Crippen molar-refractivity contribution in [2.75, 3.05) is 26.8 Å². The van der Waals surface area contributed by atoms with E-state index in [-0.39, 0.29) is 12.0 Å². The van der Waals surface area contributed by atoms with E-state index in [9.17, 15) is 9.90 Å². The number of rotatable bonds is 6. The molecule has 4 nitrogen and oxygen atoms in total. The van der Waals surface area contributed by atoms with Gasteiger partial charge in [-0.2, -0.15) is 0 Å². The van der Waals surface area contributed by atoms with Gasteiger partial charge in [-0.15, -0.1) is 0 Å². The van der Waals surface area contributed by atoms with Crippen LogP contribution in [0.15, 0.2) is 0 Å². The lowest BCUT2D eigenvalue weighted by molar-refractivity contribution is -0.146. The van der Waals surface area contributed by atoms with Crippen molar-refractivity contribution < 1.29 is 14.6 Å². The van der Waals surface area contributed by atoms with Crippen molar-refractivity contribution in [2.45, 2.75) is 57.9 Å². The second kappa shape index (κ2) is 8.14. The van der Waals surface area contributed by atoms with Gasteiger partial charge < -0.3 is 14.7 Å². The van der Waals surface area contributed by atoms with Crippen LogP contribution in [0, 0.1) is 17.8 Å². The predicted octanol–water partition coefficient (Wildman–Crippen LogP) is 3.01. The van der Waals surface area contributed by atoms with Crippen molar-refractivity contribution in [2.24, 2.45) is 17.8 Å². The average Bonchev–Trinajstić information content (AvgIpc) is 2.48. The number of hydrogen-bond donors (Lipinski definition) is 1. The van der Waals surface area contributed by atoms with Crippen LogP contribution >= 0.6 is 0 Å². The quantitative estimate of drug-likeness (QED) is 0.819. The Morgan fingerprint density at radius 2 is 1.90 bits per heavy atom. The van der Waals surface area contributed by atoms with Crippen molar-refractivity contribution in [3.63, 3.8) is 0 Å². The minimum absolute atomic E-state index is 0.178. The maximum Gasteiger partial charge on any atom is 0.308 e. The first-order chi connectivity index (χ1) is 10.1. The Bertz CT molecular complexity index is 328. The summed E-state index contributed by atoms with van der Waals surface area (Å²) in [5.41, 5.74) is 0. The lowest BCUT2D eigenvalue weighted by atomic mass is 9.76. The lowest BCUT2D eigenvalue weighted by Crippen LogP contribution is -2.47. The van der Waals surface area contributed by atoms with Gasteiger partial charge in [0.1, 0.15) is 0 Å². The van der Waals surface area contributed by atoms with Gasteiger partial charge in [-0.3, -0.25) is 4.79 Å². The second-order valence-corrected chi connectivity index (χ2v) is 6.98. The Morgan fingerprint density at radius 1 is 1.19 bits per heavy atom. The number of carboxylic acids is 1. The summed E-state index contributed by atoms with van der Waals surface area (Å²) >= 11 is 0. The summed E-state index contributed by atoms with van der Waals surface area (Å²) in [4.78, 5) is 13.9. The molecule has 1 N–H and O–H groups in total. The molecule has 1 saturated heterocycles. The van der Waals surface area contributed by atoms with Gasteiger partial charge in [0.2, 0.25) is 0 Å². The first kappa shape index (κ1) is 16.8. The highest BCUT2D eigenvalue weighted by molar-refractivity contribution is 5.71. The highest BCUT2D eigenvalue weighted by atomic mass is 16.5. The Balaban J connectivity index is 1.94. The normalized spacial score (nSPS) is 31.5. The molecule has 21 heavy (non-hydrogen) atoms. The van der Waals surface area contributed by atoms with E-state index < -0.39 is 5.97 Å². The van der Waals surface area contributed by atoms with Crippen LogP contribution < -0.4 is 0 Å². The molecular weight excluding hydrogens is 266 g/mol. The molecule has 3 atom stereocenters. The summed E-state index contributed by atoms with van der Waals surface area (Å²) in [6.07, 6.45) is 7.69. The fourth-order valence-corrected chi connectivity index (χ4v) is 4.15. The molecule has 1 aliphatic carbocycles. The molecule has 1 aliphatic heterocycles. The van der Waals surface area contributed by atoms with Gasteiger partial charge in [0.25, 0.3) is 0 Å². The first-order valence-electron chi connectivity index (χ1n) is 8.62. The molecule has 2 rings (SSSR count). The van der Waals surface area contributed by atoms with Crippen LogP contribution in [-0.4, -0.2) is 48.8 Å². The van der Waals surface area contributed by atoms with Crippen molar-refractivity contribution in [3.05, 3.63) is 0 Å². The summed E-state index contributed by atoms with van der Waals surface area (Å²) < 4.78 is 5.42. The molecule has 1 heterocycles. The molecule has 122 valence electrons. The number of aliphatic carboxylic acids is 1. The average molecular weight is 297 g/mol. The number of carboxylic acid groups (broad SMARTS) is 1. The van der Waals surface area contributed by atoms with Gasteiger partial charge in [0.05, 0.1) is 5.92 Å². The summed E-state index contributed by atoms with van der Waals surface area (Å²) in [5.74, 6) is 0.606. The van der Waals surface area contributed by atoms with Crippen LogP contribution in [0.5, 0.6) is 0 Å². The highest BCUT2D eigenvalue weighted by Gasteiger charge is 2.37. The summed E-state index contributed by atoms with van der Waals surface area (Å²) in [6.45, 7) is 4.98. The molecule has 0 radical (unpaired) electrons. The first-order valence-corrected chi connectivity index (χ1v) is 8.62. The van der Waals surface area contributed by atoms with E-state index in [1.54, 1.807) is 0 Å². The number of ether oxygens (including phenoxy) is 1. The van der Waals surface area contributed by atoms with Crippen LogP contribution in [0.4, 0.5) is 0 Å². The van der Waals surface area contributed by atoms with E-state index in [2.05, 4.69) is 18.9 Å². The minimum atomic E-state index is -0.603. The highest BCUT2D eigenvalue weighted by Crippen LogP contribution is 2.35. The zero-order chi connectivity index (χ0) is 15.2. The Morgan fingerprint density at radius 3 is 2.52 bits per heavy atom. The molecule has 2 fully saturated rings. The van der Waals surface area contributed by atoms with Crippen LogP contribution in [0.2, 0.25) is 0 Å². The van der Waals surface area contributed by atoms with E-state index in [1.807, 2.05) is 0 Å². The van der Waals surface area contributed by atoms with Gasteiger partial charge in [-0.25, -0.2) is 0 Å². The van der Waals surface area contributed by atoms with Crippen LogP contribution in [-0.2, 0) is 9.53 Å². The van der Waals surface area contributed by atoms with E-state index in [4.69, 9.17) is 4.74 Å². The standard InChI is InChI=1S/C17H31NO3/c1-3-4-13-5-6-15(17(19)20)16(11-13)18(2)12-14-7-9-21-10-8-14/h13-16H,3-12H2,1-2H3,(H,19,20).